The van der Waals surface area contributed by atoms with Crippen LogP contribution in [0.3, 0.4) is 0 Å². The van der Waals surface area contributed by atoms with Crippen LogP contribution in [0.25, 0.3) is 0 Å². The monoisotopic (exact) mass is 305 g/mol. The molecule has 0 aromatic heterocycles. The van der Waals surface area contributed by atoms with Crippen LogP contribution in [0.5, 0.6) is 0 Å². The molecule has 21 heavy (non-hydrogen) atoms. The van der Waals surface area contributed by atoms with Gasteiger partial charge in [-0.05, 0) is 30.9 Å². The molecule has 0 bridgehead atoms. The van der Waals surface area contributed by atoms with Gasteiger partial charge in [-0.3, -0.25) is 9.59 Å². The van der Waals surface area contributed by atoms with Gasteiger partial charge in [0.2, 0.25) is 5.91 Å². The van der Waals surface area contributed by atoms with Gasteiger partial charge in [-0.15, -0.1) is 11.8 Å². The molecule has 2 aliphatic rings. The van der Waals surface area contributed by atoms with Gasteiger partial charge in [0.15, 0.2) is 0 Å². The van der Waals surface area contributed by atoms with Crippen LogP contribution in [0.15, 0.2) is 29.2 Å². The molecule has 2 heterocycles. The second-order valence-corrected chi connectivity index (χ2v) is 6.81. The fourth-order valence-electron chi connectivity index (χ4n) is 3.06. The molecule has 0 radical (unpaired) electrons. The van der Waals surface area contributed by atoms with E-state index in [1.54, 1.807) is 11.8 Å². The maximum absolute atomic E-state index is 12.7. The Balaban J connectivity index is 1.65. The summed E-state index contributed by atoms with van der Waals surface area (Å²) < 4.78 is 4.81. The van der Waals surface area contributed by atoms with E-state index in [1.807, 2.05) is 17.0 Å². The van der Waals surface area contributed by atoms with Crippen molar-refractivity contribution in [2.45, 2.75) is 29.4 Å². The number of esters is 1. The second-order valence-electron chi connectivity index (χ2n) is 5.56. The van der Waals surface area contributed by atoms with Crippen molar-refractivity contribution >= 4 is 23.6 Å². The molecule has 2 unspecified atom stereocenters. The van der Waals surface area contributed by atoms with Crippen molar-refractivity contribution in [1.82, 2.24) is 4.90 Å². The SMILES string of the molecule is COC(=O)C1CCCN(C(=O)C2Cc3ccccc3S2)C1. The lowest BCUT2D eigenvalue weighted by atomic mass is 9.97. The maximum Gasteiger partial charge on any atom is 0.310 e. The van der Waals surface area contributed by atoms with Gasteiger partial charge in [-0.1, -0.05) is 18.2 Å². The molecule has 0 spiro atoms. The fraction of sp³-hybridized carbons (Fsp3) is 0.500. The van der Waals surface area contributed by atoms with E-state index in [9.17, 15) is 9.59 Å². The molecule has 1 amide bonds. The third kappa shape index (κ3) is 2.93. The standard InChI is InChI=1S/C16H19NO3S/c1-20-16(19)12-6-4-8-17(10-12)15(18)14-9-11-5-2-3-7-13(11)21-14/h2-3,5,7,12,14H,4,6,8-10H2,1H3. The highest BCUT2D eigenvalue weighted by Crippen LogP contribution is 2.38. The third-order valence-electron chi connectivity index (χ3n) is 4.19. The van der Waals surface area contributed by atoms with E-state index < -0.39 is 0 Å². The van der Waals surface area contributed by atoms with Crippen molar-refractivity contribution < 1.29 is 14.3 Å². The summed E-state index contributed by atoms with van der Waals surface area (Å²) in [6.45, 7) is 1.25. The summed E-state index contributed by atoms with van der Waals surface area (Å²) in [6, 6.07) is 8.18. The summed E-state index contributed by atoms with van der Waals surface area (Å²) in [4.78, 5) is 27.4. The number of methoxy groups -OCH3 is 1. The molecule has 1 aromatic carbocycles. The largest absolute Gasteiger partial charge is 0.469 e. The molecule has 4 nitrogen and oxygen atoms in total. The van der Waals surface area contributed by atoms with E-state index in [-0.39, 0.29) is 23.0 Å². The zero-order chi connectivity index (χ0) is 14.8. The zero-order valence-corrected chi connectivity index (χ0v) is 12.9. The van der Waals surface area contributed by atoms with Crippen molar-refractivity contribution in [2.75, 3.05) is 20.2 Å². The molecule has 1 fully saturated rings. The van der Waals surface area contributed by atoms with E-state index in [0.717, 1.165) is 25.8 Å². The highest BCUT2D eigenvalue weighted by atomic mass is 32.2. The van der Waals surface area contributed by atoms with Crippen molar-refractivity contribution in [2.24, 2.45) is 5.92 Å². The molecule has 5 heteroatoms. The summed E-state index contributed by atoms with van der Waals surface area (Å²) in [5, 5.41) is -0.0428. The van der Waals surface area contributed by atoms with Gasteiger partial charge in [-0.2, -0.15) is 0 Å². The Morgan fingerprint density at radius 3 is 2.90 bits per heavy atom. The summed E-state index contributed by atoms with van der Waals surface area (Å²) >= 11 is 1.65. The zero-order valence-electron chi connectivity index (χ0n) is 12.1. The van der Waals surface area contributed by atoms with Crippen LogP contribution in [-0.2, 0) is 20.7 Å². The number of thioether (sulfide) groups is 1. The van der Waals surface area contributed by atoms with Crippen LogP contribution in [0, 0.1) is 5.92 Å². The smallest absolute Gasteiger partial charge is 0.310 e. The van der Waals surface area contributed by atoms with Crippen LogP contribution in [0.4, 0.5) is 0 Å². The van der Waals surface area contributed by atoms with Gasteiger partial charge in [0.25, 0.3) is 0 Å². The van der Waals surface area contributed by atoms with E-state index in [1.165, 1.54) is 17.6 Å². The Morgan fingerprint density at radius 1 is 1.33 bits per heavy atom. The summed E-state index contributed by atoms with van der Waals surface area (Å²) in [6.07, 6.45) is 2.48. The number of amides is 1. The van der Waals surface area contributed by atoms with Crippen molar-refractivity contribution in [3.8, 4) is 0 Å². The van der Waals surface area contributed by atoms with Crippen LogP contribution in [0.1, 0.15) is 18.4 Å². The Hall–Kier alpha value is -1.49. The predicted molar refractivity (Wildman–Crippen MR) is 81.1 cm³/mol. The Morgan fingerprint density at radius 2 is 2.14 bits per heavy atom. The lowest BCUT2D eigenvalue weighted by molar-refractivity contribution is -0.148. The molecule has 2 aliphatic heterocycles. The highest BCUT2D eigenvalue weighted by molar-refractivity contribution is 8.01. The number of rotatable bonds is 2. The lowest BCUT2D eigenvalue weighted by Gasteiger charge is -2.32. The Labute approximate surface area is 128 Å². The quantitative estimate of drug-likeness (QED) is 0.785. The third-order valence-corrected chi connectivity index (χ3v) is 5.50. The summed E-state index contributed by atoms with van der Waals surface area (Å²) in [5.41, 5.74) is 1.25. The molecule has 0 aliphatic carbocycles. The fourth-order valence-corrected chi connectivity index (χ4v) is 4.34. The van der Waals surface area contributed by atoms with Crippen LogP contribution in [-0.4, -0.2) is 42.2 Å². The van der Waals surface area contributed by atoms with Gasteiger partial charge in [0.1, 0.15) is 0 Å². The molecular formula is C16H19NO3S. The van der Waals surface area contributed by atoms with E-state index >= 15 is 0 Å². The lowest BCUT2D eigenvalue weighted by Crippen LogP contribution is -2.46. The van der Waals surface area contributed by atoms with E-state index in [0.29, 0.717) is 6.54 Å². The molecule has 112 valence electrons. The van der Waals surface area contributed by atoms with Crippen molar-refractivity contribution in [3.05, 3.63) is 29.8 Å². The number of hydrogen-bond donors (Lipinski definition) is 0. The number of carbonyl (C=O) groups excluding carboxylic acids is 2. The summed E-state index contributed by atoms with van der Waals surface area (Å²) in [7, 11) is 1.41. The van der Waals surface area contributed by atoms with E-state index in [4.69, 9.17) is 4.74 Å². The van der Waals surface area contributed by atoms with E-state index in [2.05, 4.69) is 12.1 Å². The number of benzene rings is 1. The molecule has 2 atom stereocenters. The number of nitrogens with zero attached hydrogens (tertiary/aromatic N) is 1. The normalized spacial score (nSPS) is 24.5. The first kappa shape index (κ1) is 14.4. The minimum Gasteiger partial charge on any atom is -0.469 e. The minimum atomic E-state index is -0.199. The highest BCUT2D eigenvalue weighted by Gasteiger charge is 2.35. The van der Waals surface area contributed by atoms with Gasteiger partial charge in [0, 0.05) is 18.0 Å². The summed E-state index contributed by atoms with van der Waals surface area (Å²) in [5.74, 6) is -0.207. The van der Waals surface area contributed by atoms with Crippen LogP contribution in [0.2, 0.25) is 0 Å². The van der Waals surface area contributed by atoms with Gasteiger partial charge >= 0.3 is 5.97 Å². The molecule has 0 saturated carbocycles. The van der Waals surface area contributed by atoms with Crippen molar-refractivity contribution in [3.63, 3.8) is 0 Å². The molecular weight excluding hydrogens is 286 g/mol. The topological polar surface area (TPSA) is 46.6 Å². The molecule has 1 aromatic rings. The predicted octanol–water partition coefficient (Wildman–Crippen LogP) is 2.11. The number of fused-ring (bicyclic) bond motifs is 1. The van der Waals surface area contributed by atoms with Gasteiger partial charge in [-0.25, -0.2) is 0 Å². The van der Waals surface area contributed by atoms with Gasteiger partial charge in [0.05, 0.1) is 18.3 Å². The minimum absolute atomic E-state index is 0.0428. The number of likely N-dealkylation sites (tertiary alicyclic amines) is 1. The van der Waals surface area contributed by atoms with Gasteiger partial charge < -0.3 is 9.64 Å². The number of piperidine rings is 1. The molecule has 0 N–H and O–H groups in total. The molecule has 3 rings (SSSR count). The average molecular weight is 305 g/mol. The first-order valence-electron chi connectivity index (χ1n) is 7.30. The van der Waals surface area contributed by atoms with Crippen LogP contribution < -0.4 is 0 Å². The van der Waals surface area contributed by atoms with Crippen molar-refractivity contribution in [1.29, 1.82) is 0 Å². The Bertz CT molecular complexity index is 535. The first-order valence-corrected chi connectivity index (χ1v) is 8.18. The number of carbonyl (C=O) groups is 2. The second kappa shape index (κ2) is 6.10. The molecule has 1 saturated heterocycles. The Kier molecular flexibility index (Phi) is 4.19. The number of ether oxygens (including phenoxy) is 1. The average Bonchev–Trinajstić information content (AvgIpc) is 2.97. The van der Waals surface area contributed by atoms with Crippen LogP contribution >= 0.6 is 11.8 Å². The number of hydrogen-bond acceptors (Lipinski definition) is 4. The first-order chi connectivity index (χ1) is 10.2. The maximum atomic E-state index is 12.7.